The van der Waals surface area contributed by atoms with Crippen molar-refractivity contribution in [2.24, 2.45) is 0 Å². The minimum atomic E-state index is 0.0951. The summed E-state index contributed by atoms with van der Waals surface area (Å²) >= 11 is 1.28. The Kier molecular flexibility index (Phi) is 4.71. The van der Waals surface area contributed by atoms with Crippen molar-refractivity contribution in [2.45, 2.75) is 11.3 Å². The zero-order valence-electron chi connectivity index (χ0n) is 12.1. The van der Waals surface area contributed by atoms with E-state index in [-0.39, 0.29) is 5.12 Å². The fourth-order valence-electron chi connectivity index (χ4n) is 2.34. The maximum absolute atomic E-state index is 12.6. The standard InChI is InChI=1S/C20H16OS/c21-20(22-18-12-5-2-6-13-18)19-14-8-7-11-17(19)15-16-9-3-1-4-10-16/h1-14H,15H2. The summed E-state index contributed by atoms with van der Waals surface area (Å²) in [4.78, 5) is 13.6. The Labute approximate surface area is 135 Å². The average Bonchev–Trinajstić information content (AvgIpc) is 2.57. The van der Waals surface area contributed by atoms with E-state index in [1.54, 1.807) is 0 Å². The quantitative estimate of drug-likeness (QED) is 0.615. The predicted octanol–water partition coefficient (Wildman–Crippen LogP) is 5.21. The molecule has 0 amide bonds. The van der Waals surface area contributed by atoms with E-state index in [1.165, 1.54) is 17.3 Å². The highest BCUT2D eigenvalue weighted by molar-refractivity contribution is 8.14. The molecule has 0 radical (unpaired) electrons. The van der Waals surface area contributed by atoms with Gasteiger partial charge in [-0.05, 0) is 41.4 Å². The molecule has 0 spiro atoms. The number of carbonyl (C=O) groups is 1. The molecular weight excluding hydrogens is 288 g/mol. The maximum atomic E-state index is 12.6. The van der Waals surface area contributed by atoms with Crippen LogP contribution in [0.3, 0.4) is 0 Å². The van der Waals surface area contributed by atoms with Gasteiger partial charge in [-0.2, -0.15) is 0 Å². The summed E-state index contributed by atoms with van der Waals surface area (Å²) in [5.41, 5.74) is 3.08. The first kappa shape index (κ1) is 14.6. The third-order valence-corrected chi connectivity index (χ3v) is 4.34. The molecule has 0 N–H and O–H groups in total. The van der Waals surface area contributed by atoms with Gasteiger partial charge in [0.15, 0.2) is 0 Å². The molecule has 22 heavy (non-hydrogen) atoms. The minimum absolute atomic E-state index is 0.0951. The molecule has 0 aliphatic rings. The fraction of sp³-hybridized carbons (Fsp3) is 0.0500. The Morgan fingerprint density at radius 1 is 0.727 bits per heavy atom. The molecule has 0 heterocycles. The Hall–Kier alpha value is -2.32. The predicted molar refractivity (Wildman–Crippen MR) is 92.3 cm³/mol. The summed E-state index contributed by atoms with van der Waals surface area (Å²) in [6, 6.07) is 27.9. The summed E-state index contributed by atoms with van der Waals surface area (Å²) in [6.07, 6.45) is 0.776. The van der Waals surface area contributed by atoms with Gasteiger partial charge in [-0.3, -0.25) is 4.79 Å². The van der Waals surface area contributed by atoms with E-state index in [0.29, 0.717) is 0 Å². The van der Waals surface area contributed by atoms with Crippen molar-refractivity contribution in [3.63, 3.8) is 0 Å². The van der Waals surface area contributed by atoms with Gasteiger partial charge < -0.3 is 0 Å². The lowest BCUT2D eigenvalue weighted by Gasteiger charge is -2.08. The van der Waals surface area contributed by atoms with E-state index in [4.69, 9.17) is 0 Å². The highest BCUT2D eigenvalue weighted by atomic mass is 32.2. The second-order valence-corrected chi connectivity index (χ2v) is 6.07. The van der Waals surface area contributed by atoms with Crippen LogP contribution in [0.2, 0.25) is 0 Å². The summed E-state index contributed by atoms with van der Waals surface area (Å²) in [7, 11) is 0. The van der Waals surface area contributed by atoms with Crippen LogP contribution in [0, 0.1) is 0 Å². The third kappa shape index (κ3) is 3.66. The molecule has 3 aromatic carbocycles. The van der Waals surface area contributed by atoms with E-state index < -0.39 is 0 Å². The highest BCUT2D eigenvalue weighted by Gasteiger charge is 2.12. The molecule has 108 valence electrons. The normalized spacial score (nSPS) is 10.4. The van der Waals surface area contributed by atoms with Crippen molar-refractivity contribution in [3.05, 3.63) is 102 Å². The van der Waals surface area contributed by atoms with E-state index in [1.807, 2.05) is 72.8 Å². The van der Waals surface area contributed by atoms with Gasteiger partial charge in [0.2, 0.25) is 5.12 Å². The molecule has 3 rings (SSSR count). The topological polar surface area (TPSA) is 17.1 Å². The SMILES string of the molecule is O=C(Sc1ccccc1)c1ccccc1Cc1ccccc1. The third-order valence-electron chi connectivity index (χ3n) is 3.43. The molecular formula is C20H16OS. The van der Waals surface area contributed by atoms with Gasteiger partial charge >= 0.3 is 0 Å². The van der Waals surface area contributed by atoms with Crippen LogP contribution in [0.15, 0.2) is 89.8 Å². The molecule has 0 atom stereocenters. The fourth-order valence-corrected chi connectivity index (χ4v) is 3.16. The maximum Gasteiger partial charge on any atom is 0.224 e. The summed E-state index contributed by atoms with van der Waals surface area (Å²) in [6.45, 7) is 0. The average molecular weight is 304 g/mol. The van der Waals surface area contributed by atoms with Gasteiger partial charge in [-0.1, -0.05) is 72.8 Å². The minimum Gasteiger partial charge on any atom is -0.281 e. The van der Waals surface area contributed by atoms with Crippen molar-refractivity contribution >= 4 is 16.9 Å². The molecule has 0 aliphatic carbocycles. The van der Waals surface area contributed by atoms with Crippen LogP contribution in [0.5, 0.6) is 0 Å². The molecule has 0 unspecified atom stereocenters. The molecule has 0 saturated carbocycles. The summed E-state index contributed by atoms with van der Waals surface area (Å²) in [5.74, 6) is 0. The summed E-state index contributed by atoms with van der Waals surface area (Å²) in [5, 5.41) is 0.0951. The van der Waals surface area contributed by atoms with Gasteiger partial charge in [-0.25, -0.2) is 0 Å². The van der Waals surface area contributed by atoms with Crippen LogP contribution in [-0.4, -0.2) is 5.12 Å². The van der Waals surface area contributed by atoms with Gasteiger partial charge in [0.05, 0.1) is 0 Å². The molecule has 0 aromatic heterocycles. The van der Waals surface area contributed by atoms with Gasteiger partial charge in [-0.15, -0.1) is 0 Å². The molecule has 0 fully saturated rings. The first-order chi connectivity index (χ1) is 10.8. The van der Waals surface area contributed by atoms with E-state index >= 15 is 0 Å². The van der Waals surface area contributed by atoms with E-state index in [2.05, 4.69) is 12.1 Å². The molecule has 2 heteroatoms. The Morgan fingerprint density at radius 3 is 2.05 bits per heavy atom. The summed E-state index contributed by atoms with van der Waals surface area (Å²) < 4.78 is 0. The van der Waals surface area contributed by atoms with Crippen LogP contribution < -0.4 is 0 Å². The Morgan fingerprint density at radius 2 is 1.32 bits per heavy atom. The molecule has 1 nitrogen and oxygen atoms in total. The number of carbonyl (C=O) groups excluding carboxylic acids is 1. The lowest BCUT2D eigenvalue weighted by molar-refractivity contribution is 0.108. The van der Waals surface area contributed by atoms with Gasteiger partial charge in [0, 0.05) is 10.5 Å². The van der Waals surface area contributed by atoms with Crippen LogP contribution in [0.1, 0.15) is 21.5 Å². The van der Waals surface area contributed by atoms with Crippen molar-refractivity contribution < 1.29 is 4.79 Å². The zero-order valence-corrected chi connectivity index (χ0v) is 12.9. The molecule has 0 bridgehead atoms. The molecule has 0 saturated heterocycles. The van der Waals surface area contributed by atoms with E-state index in [9.17, 15) is 4.79 Å². The Balaban J connectivity index is 1.83. The van der Waals surface area contributed by atoms with Crippen molar-refractivity contribution in [1.82, 2.24) is 0 Å². The van der Waals surface area contributed by atoms with E-state index in [0.717, 1.165) is 22.4 Å². The lowest BCUT2D eigenvalue weighted by atomic mass is 10.0. The van der Waals surface area contributed by atoms with Crippen molar-refractivity contribution in [2.75, 3.05) is 0 Å². The van der Waals surface area contributed by atoms with Gasteiger partial charge in [0.1, 0.15) is 0 Å². The second-order valence-electron chi connectivity index (χ2n) is 5.02. The number of hydrogen-bond donors (Lipinski definition) is 0. The highest BCUT2D eigenvalue weighted by Crippen LogP contribution is 2.25. The van der Waals surface area contributed by atoms with Crippen LogP contribution in [-0.2, 0) is 6.42 Å². The van der Waals surface area contributed by atoms with Crippen LogP contribution in [0.25, 0.3) is 0 Å². The first-order valence-electron chi connectivity index (χ1n) is 7.22. The van der Waals surface area contributed by atoms with Crippen molar-refractivity contribution in [1.29, 1.82) is 0 Å². The zero-order chi connectivity index (χ0) is 15.2. The lowest BCUT2D eigenvalue weighted by Crippen LogP contribution is -2.00. The molecule has 0 aliphatic heterocycles. The number of benzene rings is 3. The van der Waals surface area contributed by atoms with Crippen LogP contribution in [0.4, 0.5) is 0 Å². The largest absolute Gasteiger partial charge is 0.281 e. The number of hydrogen-bond acceptors (Lipinski definition) is 2. The smallest absolute Gasteiger partial charge is 0.224 e. The van der Waals surface area contributed by atoms with Crippen molar-refractivity contribution in [3.8, 4) is 0 Å². The second kappa shape index (κ2) is 7.10. The van der Waals surface area contributed by atoms with Crippen LogP contribution >= 0.6 is 11.8 Å². The monoisotopic (exact) mass is 304 g/mol. The van der Waals surface area contributed by atoms with Gasteiger partial charge in [0.25, 0.3) is 0 Å². The molecule has 3 aromatic rings. The number of rotatable bonds is 4. The first-order valence-corrected chi connectivity index (χ1v) is 8.03. The Bertz CT molecular complexity index is 751. The number of thioether (sulfide) groups is 1.